The summed E-state index contributed by atoms with van der Waals surface area (Å²) in [5.74, 6) is 0.292. The molecule has 0 saturated carbocycles. The number of hydrogen-bond acceptors (Lipinski definition) is 7. The summed E-state index contributed by atoms with van der Waals surface area (Å²) < 4.78 is 16.0. The molecule has 9 nitrogen and oxygen atoms in total. The van der Waals surface area contributed by atoms with Gasteiger partial charge >= 0.3 is 0 Å². The fourth-order valence-electron chi connectivity index (χ4n) is 2.29. The molecule has 2 amide bonds. The van der Waals surface area contributed by atoms with Crippen molar-refractivity contribution in [1.82, 2.24) is 10.9 Å². The van der Waals surface area contributed by atoms with Gasteiger partial charge in [-0.1, -0.05) is 12.1 Å². The molecule has 0 fully saturated rings. The Kier molecular flexibility index (Phi) is 8.13. The second kappa shape index (κ2) is 11.0. The number of amides is 2. The number of benzene rings is 2. The van der Waals surface area contributed by atoms with Crippen molar-refractivity contribution in [3.8, 4) is 23.3 Å². The molecule has 0 atom stereocenters. The van der Waals surface area contributed by atoms with Gasteiger partial charge in [-0.25, -0.2) is 0 Å². The quantitative estimate of drug-likeness (QED) is 0.549. The van der Waals surface area contributed by atoms with Crippen LogP contribution >= 0.6 is 0 Å². The Morgan fingerprint density at radius 2 is 1.76 bits per heavy atom. The van der Waals surface area contributed by atoms with Crippen LogP contribution in [0.3, 0.4) is 0 Å². The molecule has 0 aliphatic heterocycles. The lowest BCUT2D eigenvalue weighted by Crippen LogP contribution is -2.46. The largest absolute Gasteiger partial charge is 0.495 e. The van der Waals surface area contributed by atoms with Gasteiger partial charge in [0.05, 0.1) is 37.6 Å². The molecule has 2 rings (SSSR count). The van der Waals surface area contributed by atoms with Crippen molar-refractivity contribution in [3.05, 3.63) is 48.0 Å². The third-order valence-electron chi connectivity index (χ3n) is 3.62. The van der Waals surface area contributed by atoms with Gasteiger partial charge in [0.1, 0.15) is 5.75 Å². The van der Waals surface area contributed by atoms with Crippen LogP contribution in [0.2, 0.25) is 0 Å². The third kappa shape index (κ3) is 6.62. The first-order chi connectivity index (χ1) is 14.1. The Morgan fingerprint density at radius 1 is 1.00 bits per heavy atom. The van der Waals surface area contributed by atoms with Crippen LogP contribution in [0.15, 0.2) is 42.5 Å². The van der Waals surface area contributed by atoms with E-state index in [0.717, 1.165) is 0 Å². The van der Waals surface area contributed by atoms with E-state index in [1.165, 1.54) is 13.2 Å². The topological polar surface area (TPSA) is 122 Å². The van der Waals surface area contributed by atoms with Crippen LogP contribution in [0.4, 0.5) is 5.69 Å². The fourth-order valence-corrected chi connectivity index (χ4v) is 2.29. The highest BCUT2D eigenvalue weighted by atomic mass is 16.5. The zero-order chi connectivity index (χ0) is 21.1. The van der Waals surface area contributed by atoms with Crippen LogP contribution in [0.25, 0.3) is 0 Å². The summed E-state index contributed by atoms with van der Waals surface area (Å²) in [7, 11) is 1.53. The number of methoxy groups -OCH3 is 1. The zero-order valence-electron chi connectivity index (χ0n) is 16.2. The summed E-state index contributed by atoms with van der Waals surface area (Å²) in [5, 5.41) is 11.9. The van der Waals surface area contributed by atoms with Crippen LogP contribution in [-0.2, 0) is 9.59 Å². The average molecular weight is 398 g/mol. The Morgan fingerprint density at radius 3 is 2.48 bits per heavy atom. The smallest absolute Gasteiger partial charge is 0.276 e. The number of ether oxygens (including phenoxy) is 3. The molecule has 152 valence electrons. The van der Waals surface area contributed by atoms with Gasteiger partial charge in [0, 0.05) is 6.07 Å². The van der Waals surface area contributed by atoms with Gasteiger partial charge in [0.15, 0.2) is 18.1 Å². The van der Waals surface area contributed by atoms with Crippen molar-refractivity contribution in [2.75, 3.05) is 32.2 Å². The fraction of sp³-hybridized carbons (Fsp3) is 0.250. The van der Waals surface area contributed by atoms with Crippen LogP contribution in [-0.4, -0.2) is 38.7 Å². The highest BCUT2D eigenvalue weighted by molar-refractivity contribution is 5.85. The Bertz CT molecular complexity index is 895. The van der Waals surface area contributed by atoms with E-state index in [0.29, 0.717) is 35.1 Å². The Labute approximate surface area is 168 Å². The van der Waals surface area contributed by atoms with E-state index in [1.54, 1.807) is 31.2 Å². The summed E-state index contributed by atoms with van der Waals surface area (Å²) in [5.41, 5.74) is 5.63. The SMILES string of the molecule is CCOc1cc(C#N)ccc1OCC(=O)NNC(=O)CNc1ccccc1OC. The number of anilines is 1. The number of carbonyl (C=O) groups is 2. The molecule has 0 aliphatic carbocycles. The van der Waals surface area contributed by atoms with Crippen molar-refractivity contribution in [2.24, 2.45) is 0 Å². The lowest BCUT2D eigenvalue weighted by atomic mass is 10.2. The second-order valence-corrected chi connectivity index (χ2v) is 5.65. The maximum atomic E-state index is 11.9. The predicted octanol–water partition coefficient (Wildman–Crippen LogP) is 1.60. The van der Waals surface area contributed by atoms with Crippen LogP contribution in [0.1, 0.15) is 12.5 Å². The highest BCUT2D eigenvalue weighted by Crippen LogP contribution is 2.28. The van der Waals surface area contributed by atoms with Gasteiger partial charge in [-0.15, -0.1) is 0 Å². The molecule has 0 heterocycles. The number of para-hydroxylation sites is 2. The first kappa shape index (κ1) is 21.4. The molecular formula is C20H22N4O5. The number of nitriles is 1. The highest BCUT2D eigenvalue weighted by Gasteiger charge is 2.10. The molecule has 0 unspecified atom stereocenters. The van der Waals surface area contributed by atoms with Gasteiger partial charge in [-0.3, -0.25) is 20.4 Å². The van der Waals surface area contributed by atoms with Crippen LogP contribution in [0.5, 0.6) is 17.2 Å². The maximum absolute atomic E-state index is 11.9. The minimum absolute atomic E-state index is 0.0639. The lowest BCUT2D eigenvalue weighted by molar-refractivity contribution is -0.129. The van der Waals surface area contributed by atoms with Crippen molar-refractivity contribution >= 4 is 17.5 Å². The number of hydrogen-bond donors (Lipinski definition) is 3. The standard InChI is InChI=1S/C20H22N4O5/c1-3-28-18-10-14(11-21)8-9-17(18)29-13-20(26)24-23-19(25)12-22-15-6-4-5-7-16(15)27-2/h4-10,22H,3,12-13H2,1-2H3,(H,23,25)(H,24,26). The van der Waals surface area contributed by atoms with E-state index in [1.807, 2.05) is 18.2 Å². The lowest BCUT2D eigenvalue weighted by Gasteiger charge is -2.13. The first-order valence-electron chi connectivity index (χ1n) is 8.81. The van der Waals surface area contributed by atoms with Gasteiger partial charge in [-0.2, -0.15) is 5.26 Å². The molecule has 0 spiro atoms. The van der Waals surface area contributed by atoms with Gasteiger partial charge < -0.3 is 19.5 Å². The molecule has 0 radical (unpaired) electrons. The first-order valence-corrected chi connectivity index (χ1v) is 8.81. The van der Waals surface area contributed by atoms with E-state index < -0.39 is 11.8 Å². The normalized spacial score (nSPS) is 9.69. The monoisotopic (exact) mass is 398 g/mol. The van der Waals surface area contributed by atoms with Gasteiger partial charge in [0.2, 0.25) is 0 Å². The Balaban J connectivity index is 1.78. The van der Waals surface area contributed by atoms with Crippen molar-refractivity contribution < 1.29 is 23.8 Å². The molecular weight excluding hydrogens is 376 g/mol. The van der Waals surface area contributed by atoms with E-state index in [4.69, 9.17) is 19.5 Å². The van der Waals surface area contributed by atoms with Crippen molar-refractivity contribution in [2.45, 2.75) is 6.92 Å². The summed E-state index contributed by atoms with van der Waals surface area (Å²) in [6, 6.07) is 13.8. The maximum Gasteiger partial charge on any atom is 0.276 e. The molecule has 2 aromatic rings. The molecule has 0 aliphatic rings. The summed E-state index contributed by atoms with van der Waals surface area (Å²) in [6.07, 6.45) is 0. The predicted molar refractivity (Wildman–Crippen MR) is 106 cm³/mol. The number of rotatable bonds is 9. The van der Waals surface area contributed by atoms with E-state index in [2.05, 4.69) is 16.2 Å². The molecule has 3 N–H and O–H groups in total. The minimum atomic E-state index is -0.553. The number of carbonyl (C=O) groups excluding carboxylic acids is 2. The molecule has 2 aromatic carbocycles. The van der Waals surface area contributed by atoms with E-state index in [-0.39, 0.29) is 13.2 Å². The molecule has 0 bridgehead atoms. The van der Waals surface area contributed by atoms with Crippen LogP contribution < -0.4 is 30.4 Å². The summed E-state index contributed by atoms with van der Waals surface area (Å²) in [6.45, 7) is 1.77. The number of nitrogens with one attached hydrogen (secondary N) is 3. The second-order valence-electron chi connectivity index (χ2n) is 5.65. The third-order valence-corrected chi connectivity index (χ3v) is 3.62. The molecule has 9 heteroatoms. The number of nitrogens with zero attached hydrogens (tertiary/aromatic N) is 1. The van der Waals surface area contributed by atoms with Gasteiger partial charge in [0.25, 0.3) is 11.8 Å². The minimum Gasteiger partial charge on any atom is -0.495 e. The zero-order valence-corrected chi connectivity index (χ0v) is 16.2. The van der Waals surface area contributed by atoms with E-state index in [9.17, 15) is 9.59 Å². The molecule has 29 heavy (non-hydrogen) atoms. The summed E-state index contributed by atoms with van der Waals surface area (Å²) >= 11 is 0. The van der Waals surface area contributed by atoms with E-state index >= 15 is 0 Å². The van der Waals surface area contributed by atoms with Crippen molar-refractivity contribution in [3.63, 3.8) is 0 Å². The molecule has 0 aromatic heterocycles. The van der Waals surface area contributed by atoms with Crippen LogP contribution in [0, 0.1) is 11.3 Å². The number of hydrazine groups is 1. The summed E-state index contributed by atoms with van der Waals surface area (Å²) in [4.78, 5) is 23.8. The van der Waals surface area contributed by atoms with Gasteiger partial charge in [-0.05, 0) is 31.2 Å². The Hall–Kier alpha value is -3.93. The van der Waals surface area contributed by atoms with Crippen molar-refractivity contribution in [1.29, 1.82) is 5.26 Å². The average Bonchev–Trinajstić information content (AvgIpc) is 2.75. The molecule has 0 saturated heterocycles.